The largest absolute Gasteiger partial charge is 0.492 e. The number of aromatic nitrogens is 2. The maximum atomic E-state index is 14.8. The van der Waals surface area contributed by atoms with Gasteiger partial charge < -0.3 is 52.3 Å². The van der Waals surface area contributed by atoms with Crippen LogP contribution in [0.15, 0.2) is 37.8 Å². The van der Waals surface area contributed by atoms with E-state index >= 15 is 0 Å². The van der Waals surface area contributed by atoms with E-state index < -0.39 is 63.9 Å². The number of amides is 2. The number of rotatable bonds is 5. The first-order valence-corrected chi connectivity index (χ1v) is 13.7. The second-order valence-corrected chi connectivity index (χ2v) is 11.8. The molecule has 4 aliphatic heterocycles. The standard InChI is InChI=1S/C26H31FN10O7/c1-24(2)5-6-44-17-10(3-4-11(27)16(17)24)19(39)33-14-9-37-22(29)31-13(18-25(37,26(14,42)43)36-21(28)35-18)8-30-20(40)12-7-15(38)34-23(41)32-12/h3-4,7,13-14,18,42-43H,5-6,8-9H2,1-2H3,(H2,29,31)(H,30,40)(H,33,39)(H3,28,35,36)(H2,32,34,38,41)/t13-,14?,18?,25?/m0/s1. The van der Waals surface area contributed by atoms with Crippen LogP contribution >= 0.6 is 0 Å². The molecule has 18 heteroatoms. The molecule has 1 aromatic heterocycles. The molecule has 0 saturated carbocycles. The lowest BCUT2D eigenvalue weighted by Gasteiger charge is -2.49. The molecule has 0 aliphatic carbocycles. The minimum atomic E-state index is -2.78. The van der Waals surface area contributed by atoms with Crippen molar-refractivity contribution < 1.29 is 28.9 Å². The summed E-state index contributed by atoms with van der Waals surface area (Å²) in [6.45, 7) is 3.43. The minimum Gasteiger partial charge on any atom is -0.492 e. The number of aromatic amines is 2. The smallest absolute Gasteiger partial charge is 0.326 e. The van der Waals surface area contributed by atoms with E-state index in [1.165, 1.54) is 17.0 Å². The molecule has 2 aromatic rings. The van der Waals surface area contributed by atoms with Gasteiger partial charge in [-0.1, -0.05) is 13.8 Å². The Morgan fingerprint density at radius 1 is 1.18 bits per heavy atom. The molecule has 0 radical (unpaired) electrons. The van der Waals surface area contributed by atoms with Gasteiger partial charge in [-0.15, -0.1) is 0 Å². The van der Waals surface area contributed by atoms with Crippen LogP contribution in [-0.4, -0.2) is 98.1 Å². The molecule has 17 nitrogen and oxygen atoms in total. The summed E-state index contributed by atoms with van der Waals surface area (Å²) in [7, 11) is 0. The lowest BCUT2D eigenvalue weighted by atomic mass is 9.78. The number of aliphatic imine (C=N–C) groups is 2. The molecule has 234 valence electrons. The number of ether oxygens (including phenoxy) is 1. The maximum Gasteiger partial charge on any atom is 0.326 e. The first-order valence-electron chi connectivity index (χ1n) is 13.7. The van der Waals surface area contributed by atoms with Crippen LogP contribution in [0.1, 0.15) is 46.7 Å². The van der Waals surface area contributed by atoms with Crippen LogP contribution in [0, 0.1) is 5.82 Å². The number of nitrogens with one attached hydrogen (secondary N) is 5. The fraction of sp³-hybridized carbons (Fsp3) is 0.462. The number of hydrogen-bond donors (Lipinski definition) is 9. The van der Waals surface area contributed by atoms with Crippen LogP contribution < -0.4 is 43.4 Å². The van der Waals surface area contributed by atoms with E-state index in [0.717, 1.165) is 6.07 Å². The molecule has 1 aromatic carbocycles. The Bertz CT molecular complexity index is 1720. The quantitative estimate of drug-likeness (QED) is 0.149. The first kappa shape index (κ1) is 29.1. The lowest BCUT2D eigenvalue weighted by molar-refractivity contribution is -0.230. The molecule has 0 bridgehead atoms. The average molecular weight is 615 g/mol. The van der Waals surface area contributed by atoms with Gasteiger partial charge in [0.15, 0.2) is 17.6 Å². The zero-order chi connectivity index (χ0) is 31.8. The van der Waals surface area contributed by atoms with Crippen molar-refractivity contribution in [1.82, 2.24) is 30.8 Å². The molecule has 44 heavy (non-hydrogen) atoms. The highest BCUT2D eigenvalue weighted by Crippen LogP contribution is 2.45. The van der Waals surface area contributed by atoms with Crippen LogP contribution in [0.3, 0.4) is 0 Å². The summed E-state index contributed by atoms with van der Waals surface area (Å²) >= 11 is 0. The molecule has 1 fully saturated rings. The molecule has 1 spiro atoms. The summed E-state index contributed by atoms with van der Waals surface area (Å²) in [5.74, 6) is -5.13. The van der Waals surface area contributed by atoms with E-state index in [4.69, 9.17) is 16.2 Å². The van der Waals surface area contributed by atoms with Gasteiger partial charge in [-0.25, -0.2) is 19.2 Å². The van der Waals surface area contributed by atoms with Crippen molar-refractivity contribution in [3.63, 3.8) is 0 Å². The Hall–Kier alpha value is -4.97. The topological polar surface area (TPSA) is 266 Å². The van der Waals surface area contributed by atoms with Crippen molar-refractivity contribution >= 4 is 23.7 Å². The Morgan fingerprint density at radius 2 is 1.93 bits per heavy atom. The molecule has 4 aliphatic rings. The number of nitrogens with zero attached hydrogens (tertiary/aromatic N) is 3. The fourth-order valence-electron chi connectivity index (χ4n) is 6.42. The van der Waals surface area contributed by atoms with Gasteiger partial charge in [-0.2, -0.15) is 0 Å². The normalized spacial score (nSPS) is 27.5. The third kappa shape index (κ3) is 4.28. The number of nitrogens with two attached hydrogens (primary N) is 2. The van der Waals surface area contributed by atoms with Gasteiger partial charge in [0.25, 0.3) is 17.4 Å². The second kappa shape index (κ2) is 9.78. The van der Waals surface area contributed by atoms with E-state index in [2.05, 4.69) is 30.9 Å². The summed E-state index contributed by atoms with van der Waals surface area (Å²) in [5.41, 5.74) is 8.04. The van der Waals surface area contributed by atoms with Gasteiger partial charge in [0.2, 0.25) is 5.79 Å². The van der Waals surface area contributed by atoms with Gasteiger partial charge in [0.05, 0.1) is 18.2 Å². The van der Waals surface area contributed by atoms with E-state index in [1.54, 1.807) is 0 Å². The highest BCUT2D eigenvalue weighted by Gasteiger charge is 2.73. The molecule has 2 amide bonds. The molecule has 3 unspecified atom stereocenters. The van der Waals surface area contributed by atoms with Crippen LogP contribution in [0.2, 0.25) is 0 Å². The molecule has 5 heterocycles. The van der Waals surface area contributed by atoms with Crippen molar-refractivity contribution in [3.8, 4) is 5.75 Å². The predicted octanol–water partition coefficient (Wildman–Crippen LogP) is -3.53. The van der Waals surface area contributed by atoms with Gasteiger partial charge in [0, 0.05) is 24.7 Å². The minimum absolute atomic E-state index is 0.0130. The van der Waals surface area contributed by atoms with Crippen LogP contribution in [-0.2, 0) is 5.41 Å². The molecule has 6 rings (SSSR count). The van der Waals surface area contributed by atoms with Gasteiger partial charge in [-0.05, 0) is 24.0 Å². The van der Waals surface area contributed by atoms with Gasteiger partial charge >= 0.3 is 5.69 Å². The number of fused-ring (bicyclic) bond motifs is 1. The lowest BCUT2D eigenvalue weighted by Crippen LogP contribution is -2.78. The molecular formula is C26H31FN10O7. The molecule has 4 atom stereocenters. The summed E-state index contributed by atoms with van der Waals surface area (Å²) in [6.07, 6.45) is 0.536. The Morgan fingerprint density at radius 3 is 2.66 bits per heavy atom. The number of aliphatic hydroxyl groups is 2. The Balaban J connectivity index is 1.27. The van der Waals surface area contributed by atoms with Gasteiger partial charge in [0.1, 0.15) is 29.3 Å². The number of carbonyl (C=O) groups excluding carboxylic acids is 2. The second-order valence-electron chi connectivity index (χ2n) is 11.8. The zero-order valence-corrected chi connectivity index (χ0v) is 23.6. The van der Waals surface area contributed by atoms with Crippen LogP contribution in [0.5, 0.6) is 5.75 Å². The summed E-state index contributed by atoms with van der Waals surface area (Å²) in [6, 6.07) is -0.223. The van der Waals surface area contributed by atoms with E-state index in [0.29, 0.717) is 6.42 Å². The number of halogens is 1. The van der Waals surface area contributed by atoms with Crippen LogP contribution in [0.4, 0.5) is 4.39 Å². The SMILES string of the molecule is CC1(C)CCOc2c(C(=O)NC3CN4C(N)=N[C@@H](CNC(=O)c5cc(=O)[nH]c(=O)[nH]5)C5N=C(N)NC54C3(O)O)ccc(F)c21. The highest BCUT2D eigenvalue weighted by atomic mass is 19.1. The average Bonchev–Trinajstić information content (AvgIpc) is 3.40. The zero-order valence-electron chi connectivity index (χ0n) is 23.6. The van der Waals surface area contributed by atoms with E-state index in [-0.39, 0.29) is 54.2 Å². The maximum absolute atomic E-state index is 14.8. The first-order chi connectivity index (χ1) is 20.7. The monoisotopic (exact) mass is 614 g/mol. The predicted molar refractivity (Wildman–Crippen MR) is 151 cm³/mol. The van der Waals surface area contributed by atoms with Crippen molar-refractivity contribution in [2.75, 3.05) is 19.7 Å². The van der Waals surface area contributed by atoms with Crippen molar-refractivity contribution in [1.29, 1.82) is 0 Å². The number of hydrogen-bond acceptors (Lipinski definition) is 13. The molecule has 1 saturated heterocycles. The number of guanidine groups is 2. The Kier molecular flexibility index (Phi) is 6.47. The van der Waals surface area contributed by atoms with Crippen molar-refractivity contribution in [3.05, 3.63) is 61.7 Å². The molecule has 11 N–H and O–H groups in total. The van der Waals surface area contributed by atoms with E-state index in [1.807, 2.05) is 18.8 Å². The number of benzene rings is 1. The molecular weight excluding hydrogens is 583 g/mol. The highest BCUT2D eigenvalue weighted by molar-refractivity contribution is 5.98. The van der Waals surface area contributed by atoms with Crippen LogP contribution in [0.25, 0.3) is 0 Å². The van der Waals surface area contributed by atoms with Crippen molar-refractivity contribution in [2.45, 2.75) is 55.3 Å². The summed E-state index contributed by atoms with van der Waals surface area (Å²) in [4.78, 5) is 63.6. The van der Waals surface area contributed by atoms with Gasteiger partial charge in [-0.3, -0.25) is 19.4 Å². The van der Waals surface area contributed by atoms with Crippen molar-refractivity contribution in [2.24, 2.45) is 21.5 Å². The number of H-pyrrole nitrogens is 2. The fourth-order valence-corrected chi connectivity index (χ4v) is 6.42. The Labute approximate surface area is 247 Å². The summed E-state index contributed by atoms with van der Waals surface area (Å²) < 4.78 is 20.5. The third-order valence-electron chi connectivity index (χ3n) is 8.59. The number of carbonyl (C=O) groups is 2. The van der Waals surface area contributed by atoms with E-state index in [9.17, 15) is 33.8 Å². The summed E-state index contributed by atoms with van der Waals surface area (Å²) in [5, 5.41) is 31.3. The third-order valence-corrected chi connectivity index (χ3v) is 8.59.